The van der Waals surface area contributed by atoms with Crippen molar-refractivity contribution in [3.05, 3.63) is 66.7 Å². The number of allylic oxidation sites excluding steroid dienone is 2. The number of benzene rings is 2. The molecule has 0 heterocycles. The normalized spacial score (nSPS) is 15.9. The lowest BCUT2D eigenvalue weighted by molar-refractivity contribution is -0.132. The molecule has 5 heteroatoms. The SMILES string of the molecule is O=C(COc1ccccc1-c1ccccc1)NNC(=O)[C@@H]1CC=CCC1. The standard InChI is InChI=1S/C21H22N2O3/c24-20(22-23-21(25)17-11-5-2-6-12-17)15-26-19-14-8-7-13-18(19)16-9-3-1-4-10-16/h1-5,7-10,13-14,17H,6,11-12,15H2,(H,22,24)(H,23,25)/t17-/m1/s1. The van der Waals surface area contributed by atoms with Crippen LogP contribution in [0.25, 0.3) is 11.1 Å². The van der Waals surface area contributed by atoms with E-state index in [9.17, 15) is 9.59 Å². The minimum atomic E-state index is -0.396. The maximum atomic E-state index is 12.0. The molecule has 0 unspecified atom stereocenters. The molecule has 134 valence electrons. The van der Waals surface area contributed by atoms with Gasteiger partial charge in [0.2, 0.25) is 5.91 Å². The Hall–Kier alpha value is -3.08. The summed E-state index contributed by atoms with van der Waals surface area (Å²) in [5.41, 5.74) is 6.84. The van der Waals surface area contributed by atoms with Crippen LogP contribution in [0.5, 0.6) is 5.75 Å². The highest BCUT2D eigenvalue weighted by molar-refractivity contribution is 5.84. The van der Waals surface area contributed by atoms with Gasteiger partial charge in [0.05, 0.1) is 0 Å². The molecule has 2 aromatic rings. The summed E-state index contributed by atoms with van der Waals surface area (Å²) in [6.07, 6.45) is 6.48. The van der Waals surface area contributed by atoms with Crippen molar-refractivity contribution in [2.75, 3.05) is 6.61 Å². The van der Waals surface area contributed by atoms with Crippen LogP contribution in [-0.2, 0) is 9.59 Å². The summed E-state index contributed by atoms with van der Waals surface area (Å²) in [6.45, 7) is -0.172. The van der Waals surface area contributed by atoms with Gasteiger partial charge in [-0.1, -0.05) is 60.7 Å². The van der Waals surface area contributed by atoms with Crippen molar-refractivity contribution in [1.82, 2.24) is 10.9 Å². The molecule has 26 heavy (non-hydrogen) atoms. The van der Waals surface area contributed by atoms with Gasteiger partial charge in [-0.05, 0) is 30.9 Å². The van der Waals surface area contributed by atoms with Gasteiger partial charge in [0, 0.05) is 11.5 Å². The van der Waals surface area contributed by atoms with Crippen molar-refractivity contribution in [3.8, 4) is 16.9 Å². The number of amides is 2. The van der Waals surface area contributed by atoms with Gasteiger partial charge in [0.15, 0.2) is 6.61 Å². The summed E-state index contributed by atoms with van der Waals surface area (Å²) >= 11 is 0. The van der Waals surface area contributed by atoms with Crippen molar-refractivity contribution in [1.29, 1.82) is 0 Å². The molecule has 0 aliphatic heterocycles. The summed E-state index contributed by atoms with van der Waals surface area (Å²) < 4.78 is 5.66. The number of hydrazine groups is 1. The van der Waals surface area contributed by atoms with Gasteiger partial charge >= 0.3 is 0 Å². The summed E-state index contributed by atoms with van der Waals surface area (Å²) in [6, 6.07) is 17.4. The average molecular weight is 350 g/mol. The van der Waals surface area contributed by atoms with E-state index in [-0.39, 0.29) is 18.4 Å². The number of hydrogen-bond acceptors (Lipinski definition) is 3. The van der Waals surface area contributed by atoms with Crippen molar-refractivity contribution in [2.24, 2.45) is 5.92 Å². The zero-order valence-corrected chi connectivity index (χ0v) is 14.5. The highest BCUT2D eigenvalue weighted by atomic mass is 16.5. The lowest BCUT2D eigenvalue weighted by atomic mass is 9.94. The van der Waals surface area contributed by atoms with E-state index in [4.69, 9.17) is 4.74 Å². The van der Waals surface area contributed by atoms with Crippen LogP contribution in [0.15, 0.2) is 66.7 Å². The lowest BCUT2D eigenvalue weighted by Crippen LogP contribution is -2.46. The molecule has 1 atom stereocenters. The number of nitrogens with one attached hydrogen (secondary N) is 2. The van der Waals surface area contributed by atoms with Gasteiger partial charge in [0.25, 0.3) is 5.91 Å². The molecule has 5 nitrogen and oxygen atoms in total. The van der Waals surface area contributed by atoms with Gasteiger partial charge in [-0.25, -0.2) is 0 Å². The molecule has 2 amide bonds. The van der Waals surface area contributed by atoms with E-state index in [1.165, 1.54) is 0 Å². The number of carbonyl (C=O) groups is 2. The molecular weight excluding hydrogens is 328 g/mol. The van der Waals surface area contributed by atoms with Crippen LogP contribution in [-0.4, -0.2) is 18.4 Å². The largest absolute Gasteiger partial charge is 0.483 e. The number of rotatable bonds is 5. The summed E-state index contributed by atoms with van der Waals surface area (Å²) in [5.74, 6) is -0.0161. The lowest BCUT2D eigenvalue weighted by Gasteiger charge is -2.17. The van der Waals surface area contributed by atoms with E-state index in [1.54, 1.807) is 0 Å². The van der Waals surface area contributed by atoms with E-state index >= 15 is 0 Å². The van der Waals surface area contributed by atoms with Gasteiger partial charge in [-0.2, -0.15) is 0 Å². The third-order valence-corrected chi connectivity index (χ3v) is 4.30. The Bertz CT molecular complexity index is 787. The molecule has 0 saturated carbocycles. The van der Waals surface area contributed by atoms with Crippen LogP contribution in [0.2, 0.25) is 0 Å². The quantitative estimate of drug-likeness (QED) is 0.643. The van der Waals surface area contributed by atoms with Gasteiger partial charge in [-0.3, -0.25) is 20.4 Å². The predicted molar refractivity (Wildman–Crippen MR) is 100 cm³/mol. The minimum absolute atomic E-state index is 0.0833. The zero-order valence-electron chi connectivity index (χ0n) is 14.5. The zero-order chi connectivity index (χ0) is 18.2. The van der Waals surface area contributed by atoms with Crippen LogP contribution in [0.1, 0.15) is 19.3 Å². The van der Waals surface area contributed by atoms with Crippen molar-refractivity contribution >= 4 is 11.8 Å². The summed E-state index contributed by atoms with van der Waals surface area (Å²) in [5, 5.41) is 0. The average Bonchev–Trinajstić information content (AvgIpc) is 2.72. The molecule has 1 aliphatic rings. The smallest absolute Gasteiger partial charge is 0.276 e. The molecular formula is C21H22N2O3. The molecule has 0 aromatic heterocycles. The van der Waals surface area contributed by atoms with Crippen molar-refractivity contribution in [2.45, 2.75) is 19.3 Å². The van der Waals surface area contributed by atoms with Crippen LogP contribution in [0, 0.1) is 5.92 Å². The first-order chi connectivity index (χ1) is 12.7. The van der Waals surface area contributed by atoms with E-state index < -0.39 is 5.91 Å². The third kappa shape index (κ3) is 4.72. The van der Waals surface area contributed by atoms with Crippen LogP contribution < -0.4 is 15.6 Å². The van der Waals surface area contributed by atoms with E-state index in [2.05, 4.69) is 16.9 Å². The second-order valence-electron chi connectivity index (χ2n) is 6.17. The fourth-order valence-corrected chi connectivity index (χ4v) is 2.89. The fourth-order valence-electron chi connectivity index (χ4n) is 2.89. The summed E-state index contributed by atoms with van der Waals surface area (Å²) in [4.78, 5) is 24.0. The first kappa shape index (κ1) is 17.7. The topological polar surface area (TPSA) is 67.4 Å². The second kappa shape index (κ2) is 8.85. The van der Waals surface area contributed by atoms with E-state index in [1.807, 2.05) is 60.7 Å². The minimum Gasteiger partial charge on any atom is -0.483 e. The molecule has 2 aromatic carbocycles. The number of ether oxygens (including phenoxy) is 1. The van der Waals surface area contributed by atoms with Crippen LogP contribution >= 0.6 is 0 Å². The Morgan fingerprint density at radius 2 is 1.73 bits per heavy atom. The Labute approximate surface area is 153 Å². The Morgan fingerprint density at radius 3 is 2.50 bits per heavy atom. The fraction of sp³-hybridized carbons (Fsp3) is 0.238. The molecule has 3 rings (SSSR count). The molecule has 0 fully saturated rings. The van der Waals surface area contributed by atoms with Gasteiger partial charge < -0.3 is 4.74 Å². The van der Waals surface area contributed by atoms with Gasteiger partial charge in [0.1, 0.15) is 5.75 Å². The first-order valence-corrected chi connectivity index (χ1v) is 8.75. The maximum Gasteiger partial charge on any atom is 0.276 e. The molecule has 0 saturated heterocycles. The highest BCUT2D eigenvalue weighted by Gasteiger charge is 2.19. The van der Waals surface area contributed by atoms with E-state index in [0.717, 1.165) is 24.0 Å². The Morgan fingerprint density at radius 1 is 0.962 bits per heavy atom. The molecule has 2 N–H and O–H groups in total. The number of hydrogen-bond donors (Lipinski definition) is 2. The number of para-hydroxylation sites is 1. The third-order valence-electron chi connectivity index (χ3n) is 4.30. The Kier molecular flexibility index (Phi) is 6.04. The molecule has 0 bridgehead atoms. The van der Waals surface area contributed by atoms with E-state index in [0.29, 0.717) is 12.2 Å². The summed E-state index contributed by atoms with van der Waals surface area (Å²) in [7, 11) is 0. The molecule has 0 spiro atoms. The van der Waals surface area contributed by atoms with Crippen molar-refractivity contribution in [3.63, 3.8) is 0 Å². The van der Waals surface area contributed by atoms with Crippen molar-refractivity contribution < 1.29 is 14.3 Å². The first-order valence-electron chi connectivity index (χ1n) is 8.75. The van der Waals surface area contributed by atoms with Gasteiger partial charge in [-0.15, -0.1) is 0 Å². The Balaban J connectivity index is 1.52. The number of carbonyl (C=O) groups excluding carboxylic acids is 2. The predicted octanol–water partition coefficient (Wildman–Crippen LogP) is 3.24. The van der Waals surface area contributed by atoms with Crippen LogP contribution in [0.3, 0.4) is 0 Å². The maximum absolute atomic E-state index is 12.0. The monoisotopic (exact) mass is 350 g/mol. The molecule has 0 radical (unpaired) electrons. The molecule has 1 aliphatic carbocycles. The second-order valence-corrected chi connectivity index (χ2v) is 6.17. The highest BCUT2D eigenvalue weighted by Crippen LogP contribution is 2.29. The van der Waals surface area contributed by atoms with Crippen LogP contribution in [0.4, 0.5) is 0 Å².